The molecule has 1 aliphatic rings. The lowest BCUT2D eigenvalue weighted by Crippen LogP contribution is -2.25. The number of benzene rings is 1. The normalized spacial score (nSPS) is 14.9. The van der Waals surface area contributed by atoms with Crippen molar-refractivity contribution in [1.82, 2.24) is 0 Å². The molecular weight excluding hydrogens is 192 g/mol. The van der Waals surface area contributed by atoms with Crippen molar-refractivity contribution in [2.24, 2.45) is 5.10 Å². The highest BCUT2D eigenvalue weighted by Gasteiger charge is 2.13. The molecule has 1 aliphatic heterocycles. The van der Waals surface area contributed by atoms with Crippen molar-refractivity contribution in [3.8, 4) is 0 Å². The molecule has 0 saturated carbocycles. The number of rotatable bonds is 2. The SMILES string of the molecule is O=C(O)C1=NN(c2ccccc2)CC=C1. The number of anilines is 1. The minimum Gasteiger partial charge on any atom is -0.476 e. The van der Waals surface area contributed by atoms with Gasteiger partial charge in [0.2, 0.25) is 0 Å². The fourth-order valence-corrected chi connectivity index (χ4v) is 1.35. The lowest BCUT2D eigenvalue weighted by atomic mass is 10.2. The van der Waals surface area contributed by atoms with Gasteiger partial charge in [-0.05, 0) is 18.2 Å². The first-order valence-corrected chi connectivity index (χ1v) is 4.58. The van der Waals surface area contributed by atoms with Crippen molar-refractivity contribution in [3.63, 3.8) is 0 Å². The molecular formula is C11H10N2O2. The smallest absolute Gasteiger partial charge is 0.356 e. The predicted molar refractivity (Wildman–Crippen MR) is 58.0 cm³/mol. The average Bonchev–Trinajstić information content (AvgIpc) is 2.30. The Labute approximate surface area is 87.1 Å². The Bertz CT molecular complexity index is 423. The van der Waals surface area contributed by atoms with Gasteiger partial charge >= 0.3 is 5.97 Å². The van der Waals surface area contributed by atoms with Crippen LogP contribution in [0.1, 0.15) is 0 Å². The van der Waals surface area contributed by atoms with Crippen LogP contribution in [-0.4, -0.2) is 23.3 Å². The van der Waals surface area contributed by atoms with Gasteiger partial charge < -0.3 is 5.11 Å². The maximum atomic E-state index is 10.7. The Morgan fingerprint density at radius 1 is 1.33 bits per heavy atom. The van der Waals surface area contributed by atoms with Crippen LogP contribution in [0.5, 0.6) is 0 Å². The van der Waals surface area contributed by atoms with E-state index in [2.05, 4.69) is 5.10 Å². The summed E-state index contributed by atoms with van der Waals surface area (Å²) >= 11 is 0. The van der Waals surface area contributed by atoms with E-state index in [-0.39, 0.29) is 5.71 Å². The van der Waals surface area contributed by atoms with E-state index in [1.807, 2.05) is 30.3 Å². The van der Waals surface area contributed by atoms with E-state index in [4.69, 9.17) is 5.11 Å². The number of para-hydroxylation sites is 1. The van der Waals surface area contributed by atoms with Crippen LogP contribution in [0.15, 0.2) is 47.6 Å². The van der Waals surface area contributed by atoms with Crippen LogP contribution < -0.4 is 5.01 Å². The van der Waals surface area contributed by atoms with Gasteiger partial charge in [-0.15, -0.1) is 0 Å². The fraction of sp³-hybridized carbons (Fsp3) is 0.0909. The Kier molecular flexibility index (Phi) is 2.49. The molecule has 1 N–H and O–H groups in total. The average molecular weight is 202 g/mol. The number of aliphatic carboxylic acids is 1. The Balaban J connectivity index is 2.27. The minimum absolute atomic E-state index is 0.0603. The quantitative estimate of drug-likeness (QED) is 0.790. The summed E-state index contributed by atoms with van der Waals surface area (Å²) in [4.78, 5) is 10.7. The molecule has 0 radical (unpaired) electrons. The van der Waals surface area contributed by atoms with Crippen LogP contribution in [-0.2, 0) is 4.79 Å². The summed E-state index contributed by atoms with van der Waals surface area (Å²) in [7, 11) is 0. The number of hydrazone groups is 1. The lowest BCUT2D eigenvalue weighted by molar-refractivity contribution is -0.129. The van der Waals surface area contributed by atoms with Gasteiger partial charge in [0, 0.05) is 0 Å². The topological polar surface area (TPSA) is 52.9 Å². The van der Waals surface area contributed by atoms with Gasteiger partial charge in [0.15, 0.2) is 5.71 Å². The highest BCUT2D eigenvalue weighted by atomic mass is 16.4. The number of carboxylic acids is 1. The van der Waals surface area contributed by atoms with E-state index in [1.54, 1.807) is 11.1 Å². The molecule has 1 aromatic carbocycles. The number of carboxylic acid groups (broad SMARTS) is 1. The van der Waals surface area contributed by atoms with Crippen LogP contribution in [0.2, 0.25) is 0 Å². The second-order valence-electron chi connectivity index (χ2n) is 3.11. The van der Waals surface area contributed by atoms with Gasteiger partial charge in [-0.2, -0.15) is 5.10 Å². The minimum atomic E-state index is -1.01. The molecule has 0 atom stereocenters. The molecule has 0 bridgehead atoms. The third kappa shape index (κ3) is 2.04. The van der Waals surface area contributed by atoms with Crippen LogP contribution in [0, 0.1) is 0 Å². The maximum Gasteiger partial charge on any atom is 0.356 e. The van der Waals surface area contributed by atoms with E-state index >= 15 is 0 Å². The van der Waals surface area contributed by atoms with Crippen LogP contribution in [0.3, 0.4) is 0 Å². The molecule has 0 amide bonds. The van der Waals surface area contributed by atoms with Crippen molar-refractivity contribution < 1.29 is 9.90 Å². The van der Waals surface area contributed by atoms with Crippen LogP contribution in [0.25, 0.3) is 0 Å². The van der Waals surface area contributed by atoms with Crippen LogP contribution >= 0.6 is 0 Å². The molecule has 1 aromatic rings. The van der Waals surface area contributed by atoms with Crippen molar-refractivity contribution >= 4 is 17.4 Å². The zero-order valence-electron chi connectivity index (χ0n) is 8.00. The molecule has 76 valence electrons. The van der Waals surface area contributed by atoms with Gasteiger partial charge in [0.1, 0.15) is 0 Å². The van der Waals surface area contributed by atoms with Crippen molar-refractivity contribution in [2.45, 2.75) is 0 Å². The lowest BCUT2D eigenvalue weighted by Gasteiger charge is -2.20. The largest absolute Gasteiger partial charge is 0.476 e. The molecule has 0 aliphatic carbocycles. The molecule has 0 fully saturated rings. The standard InChI is InChI=1S/C11H10N2O2/c14-11(15)10-7-4-8-13(12-10)9-5-2-1-3-6-9/h1-7H,8H2,(H,14,15). The Hall–Kier alpha value is -2.10. The van der Waals surface area contributed by atoms with E-state index in [1.165, 1.54) is 6.08 Å². The summed E-state index contributed by atoms with van der Waals surface area (Å²) in [5, 5.41) is 14.5. The maximum absolute atomic E-state index is 10.7. The summed E-state index contributed by atoms with van der Waals surface area (Å²) in [5.41, 5.74) is 0.950. The number of nitrogens with zero attached hydrogens (tertiary/aromatic N) is 2. The first-order valence-electron chi connectivity index (χ1n) is 4.58. The molecule has 0 spiro atoms. The zero-order valence-corrected chi connectivity index (χ0v) is 8.00. The van der Waals surface area contributed by atoms with Gasteiger partial charge in [0.25, 0.3) is 0 Å². The van der Waals surface area contributed by atoms with Gasteiger partial charge in [-0.3, -0.25) is 5.01 Å². The number of hydrogen-bond acceptors (Lipinski definition) is 3. The molecule has 0 aromatic heterocycles. The predicted octanol–water partition coefficient (Wildman–Crippen LogP) is 1.50. The molecule has 4 heteroatoms. The molecule has 4 nitrogen and oxygen atoms in total. The van der Waals surface area contributed by atoms with Gasteiger partial charge in [-0.1, -0.05) is 24.3 Å². The summed E-state index contributed by atoms with van der Waals surface area (Å²) in [5.74, 6) is -1.01. The fourth-order valence-electron chi connectivity index (χ4n) is 1.35. The Morgan fingerprint density at radius 2 is 2.07 bits per heavy atom. The van der Waals surface area contributed by atoms with Crippen molar-refractivity contribution in [3.05, 3.63) is 42.5 Å². The molecule has 15 heavy (non-hydrogen) atoms. The van der Waals surface area contributed by atoms with Crippen molar-refractivity contribution in [2.75, 3.05) is 11.6 Å². The van der Waals surface area contributed by atoms with Gasteiger partial charge in [-0.25, -0.2) is 4.79 Å². The molecule has 1 heterocycles. The van der Waals surface area contributed by atoms with E-state index < -0.39 is 5.97 Å². The Morgan fingerprint density at radius 3 is 2.73 bits per heavy atom. The van der Waals surface area contributed by atoms with E-state index in [9.17, 15) is 4.79 Å². The van der Waals surface area contributed by atoms with Crippen LogP contribution in [0.4, 0.5) is 5.69 Å². The highest BCUT2D eigenvalue weighted by molar-refractivity contribution is 6.40. The number of carbonyl (C=O) groups is 1. The van der Waals surface area contributed by atoms with Crippen molar-refractivity contribution in [1.29, 1.82) is 0 Å². The van der Waals surface area contributed by atoms with Gasteiger partial charge in [0.05, 0.1) is 12.2 Å². The molecule has 2 rings (SSSR count). The monoisotopic (exact) mass is 202 g/mol. The second-order valence-corrected chi connectivity index (χ2v) is 3.11. The van der Waals surface area contributed by atoms with E-state index in [0.717, 1.165) is 5.69 Å². The summed E-state index contributed by atoms with van der Waals surface area (Å²) in [6.45, 7) is 0.598. The molecule has 0 saturated heterocycles. The molecule has 0 unspecified atom stereocenters. The summed E-state index contributed by atoms with van der Waals surface area (Å²) in [6.07, 6.45) is 3.30. The van der Waals surface area contributed by atoms with E-state index in [0.29, 0.717) is 6.54 Å². The highest BCUT2D eigenvalue weighted by Crippen LogP contribution is 2.15. The first kappa shape index (κ1) is 9.45. The number of hydrogen-bond donors (Lipinski definition) is 1. The zero-order chi connectivity index (χ0) is 10.7. The third-order valence-electron chi connectivity index (χ3n) is 2.06. The first-order chi connectivity index (χ1) is 7.27. The summed E-state index contributed by atoms with van der Waals surface area (Å²) in [6, 6.07) is 9.47. The summed E-state index contributed by atoms with van der Waals surface area (Å²) < 4.78 is 0. The second kappa shape index (κ2) is 3.96. The third-order valence-corrected chi connectivity index (χ3v) is 2.06.